The van der Waals surface area contributed by atoms with E-state index in [4.69, 9.17) is 4.74 Å². The fourth-order valence-electron chi connectivity index (χ4n) is 1.73. The molecule has 2 amide bonds. The first kappa shape index (κ1) is 17.3. The number of hydrogen-bond donors (Lipinski definition) is 1. The number of nitrogens with zero attached hydrogens (tertiary/aromatic N) is 3. The predicted molar refractivity (Wildman–Crippen MR) is 69.6 cm³/mol. The number of imidazole rings is 1. The molecule has 0 aliphatic rings. The van der Waals surface area contributed by atoms with Gasteiger partial charge in [-0.15, -0.1) is 0 Å². The number of hydrogen-bond acceptors (Lipinski definition) is 3. The second-order valence-electron chi connectivity index (χ2n) is 4.75. The van der Waals surface area contributed by atoms with Gasteiger partial charge in [0, 0.05) is 26.6 Å². The second-order valence-corrected chi connectivity index (χ2v) is 4.75. The van der Waals surface area contributed by atoms with Crippen LogP contribution in [0.1, 0.15) is 12.7 Å². The number of methoxy groups -OCH3 is 1. The first-order chi connectivity index (χ1) is 9.73. The van der Waals surface area contributed by atoms with Gasteiger partial charge in [0.15, 0.2) is 0 Å². The van der Waals surface area contributed by atoms with Gasteiger partial charge in [-0.2, -0.15) is 13.2 Å². The zero-order valence-electron chi connectivity index (χ0n) is 12.1. The first-order valence-electron chi connectivity index (χ1n) is 6.30. The summed E-state index contributed by atoms with van der Waals surface area (Å²) in [6, 6.07) is -0.596. The fourth-order valence-corrected chi connectivity index (χ4v) is 1.73. The van der Waals surface area contributed by atoms with Crippen LogP contribution >= 0.6 is 0 Å². The lowest BCUT2D eigenvalue weighted by Crippen LogP contribution is -2.43. The highest BCUT2D eigenvalue weighted by Gasteiger charge is 2.29. The quantitative estimate of drug-likeness (QED) is 0.869. The van der Waals surface area contributed by atoms with E-state index in [2.05, 4.69) is 10.3 Å². The van der Waals surface area contributed by atoms with Crippen LogP contribution in [0.4, 0.5) is 18.0 Å². The molecule has 1 N–H and O–H groups in total. The van der Waals surface area contributed by atoms with Crippen LogP contribution in [0.3, 0.4) is 0 Å². The van der Waals surface area contributed by atoms with Gasteiger partial charge < -0.3 is 19.5 Å². The van der Waals surface area contributed by atoms with E-state index in [1.54, 1.807) is 6.92 Å². The van der Waals surface area contributed by atoms with Gasteiger partial charge in [-0.1, -0.05) is 0 Å². The van der Waals surface area contributed by atoms with Crippen molar-refractivity contribution in [2.45, 2.75) is 32.2 Å². The summed E-state index contributed by atoms with van der Waals surface area (Å²) in [6.45, 7) is 0.967. The highest BCUT2D eigenvalue weighted by Crippen LogP contribution is 2.18. The minimum atomic E-state index is -4.33. The molecule has 1 aromatic heterocycles. The lowest BCUT2D eigenvalue weighted by atomic mass is 10.4. The average molecular weight is 308 g/mol. The van der Waals surface area contributed by atoms with E-state index in [9.17, 15) is 18.0 Å². The number of rotatable bonds is 6. The van der Waals surface area contributed by atoms with Gasteiger partial charge in [-0.3, -0.25) is 0 Å². The molecule has 120 valence electrons. The topological polar surface area (TPSA) is 59.4 Å². The van der Waals surface area contributed by atoms with Gasteiger partial charge in [0.05, 0.1) is 19.2 Å². The Balaban J connectivity index is 2.60. The molecule has 0 unspecified atom stereocenters. The molecule has 0 saturated heterocycles. The summed E-state index contributed by atoms with van der Waals surface area (Å²) in [5.41, 5.74) is 0. The van der Waals surface area contributed by atoms with E-state index >= 15 is 0 Å². The zero-order chi connectivity index (χ0) is 16.0. The number of nitrogens with one attached hydrogen (secondary N) is 1. The van der Waals surface area contributed by atoms with Crippen LogP contribution in [-0.4, -0.2) is 53.5 Å². The molecule has 0 spiro atoms. The van der Waals surface area contributed by atoms with Crippen molar-refractivity contribution in [1.29, 1.82) is 0 Å². The largest absolute Gasteiger partial charge is 0.406 e. The number of amides is 2. The third kappa shape index (κ3) is 6.03. The molecule has 0 bridgehead atoms. The predicted octanol–water partition coefficient (Wildman–Crippen LogP) is 1.62. The maximum Gasteiger partial charge on any atom is 0.406 e. The Morgan fingerprint density at radius 1 is 1.57 bits per heavy atom. The lowest BCUT2D eigenvalue weighted by Gasteiger charge is -2.21. The standard InChI is InChI=1S/C12H19F3N4O2/c1-9(7-21-3)17-11(20)18(2)6-10-16-4-5-19(10)8-12(13,14)15/h4-5,9H,6-8H2,1-3H3,(H,17,20)/t9-/m1/s1. The van der Waals surface area contributed by atoms with Gasteiger partial charge in [-0.25, -0.2) is 9.78 Å². The summed E-state index contributed by atoms with van der Waals surface area (Å²) in [5.74, 6) is 0.171. The molecule has 9 heteroatoms. The Kier molecular flexibility index (Phi) is 6.01. The Hall–Kier alpha value is -1.77. The second kappa shape index (κ2) is 7.30. The highest BCUT2D eigenvalue weighted by atomic mass is 19.4. The van der Waals surface area contributed by atoms with Crippen LogP contribution in [0.5, 0.6) is 0 Å². The minimum Gasteiger partial charge on any atom is -0.383 e. The van der Waals surface area contributed by atoms with Crippen molar-refractivity contribution in [3.05, 3.63) is 18.2 Å². The molecule has 1 aromatic rings. The molecule has 21 heavy (non-hydrogen) atoms. The van der Waals surface area contributed by atoms with E-state index < -0.39 is 18.8 Å². The van der Waals surface area contributed by atoms with E-state index in [1.165, 1.54) is 31.5 Å². The minimum absolute atomic E-state index is 0.0192. The normalized spacial score (nSPS) is 13.0. The van der Waals surface area contributed by atoms with Crippen molar-refractivity contribution in [2.24, 2.45) is 0 Å². The van der Waals surface area contributed by atoms with Crippen molar-refractivity contribution >= 4 is 6.03 Å². The van der Waals surface area contributed by atoms with Crippen molar-refractivity contribution in [3.8, 4) is 0 Å². The van der Waals surface area contributed by atoms with Crippen LogP contribution in [0.2, 0.25) is 0 Å². The summed E-state index contributed by atoms with van der Waals surface area (Å²) in [4.78, 5) is 17.0. The van der Waals surface area contributed by atoms with Crippen molar-refractivity contribution in [2.75, 3.05) is 20.8 Å². The summed E-state index contributed by atoms with van der Waals surface area (Å²) in [6.07, 6.45) is -1.81. The number of halogens is 3. The van der Waals surface area contributed by atoms with Crippen LogP contribution in [0.25, 0.3) is 0 Å². The maximum absolute atomic E-state index is 12.4. The molecule has 1 heterocycles. The average Bonchev–Trinajstić information content (AvgIpc) is 2.74. The molecule has 6 nitrogen and oxygen atoms in total. The molecule has 1 rings (SSSR count). The van der Waals surface area contributed by atoms with Crippen LogP contribution in [-0.2, 0) is 17.8 Å². The van der Waals surface area contributed by atoms with Crippen molar-refractivity contribution in [3.63, 3.8) is 0 Å². The van der Waals surface area contributed by atoms with Gasteiger partial charge in [0.25, 0.3) is 0 Å². The van der Waals surface area contributed by atoms with Crippen LogP contribution < -0.4 is 5.32 Å². The smallest absolute Gasteiger partial charge is 0.383 e. The summed E-state index contributed by atoms with van der Waals surface area (Å²) in [5, 5.41) is 2.66. The molecule has 0 aliphatic carbocycles. The van der Waals surface area contributed by atoms with Crippen molar-refractivity contribution in [1.82, 2.24) is 19.8 Å². The van der Waals surface area contributed by atoms with Crippen LogP contribution in [0.15, 0.2) is 12.4 Å². The van der Waals surface area contributed by atoms with Crippen LogP contribution in [0, 0.1) is 0 Å². The first-order valence-corrected chi connectivity index (χ1v) is 6.30. The highest BCUT2D eigenvalue weighted by molar-refractivity contribution is 5.74. The number of alkyl halides is 3. The molecule has 0 radical (unpaired) electrons. The lowest BCUT2D eigenvalue weighted by molar-refractivity contribution is -0.141. The Morgan fingerprint density at radius 3 is 2.81 bits per heavy atom. The molecular formula is C12H19F3N4O2. The maximum atomic E-state index is 12.4. The third-order valence-corrected chi connectivity index (χ3v) is 2.66. The zero-order valence-corrected chi connectivity index (χ0v) is 12.1. The molecule has 0 fully saturated rings. The van der Waals surface area contributed by atoms with Gasteiger partial charge in [0.2, 0.25) is 0 Å². The molecule has 0 aromatic carbocycles. The summed E-state index contributed by atoms with van der Waals surface area (Å²) in [7, 11) is 3.00. The van der Waals surface area contributed by atoms with Crippen molar-refractivity contribution < 1.29 is 22.7 Å². The number of ether oxygens (including phenoxy) is 1. The van der Waals surface area contributed by atoms with E-state index in [-0.39, 0.29) is 18.4 Å². The summed E-state index contributed by atoms with van der Waals surface area (Å²) < 4.78 is 43.1. The Morgan fingerprint density at radius 2 is 2.24 bits per heavy atom. The Bertz CT molecular complexity index is 462. The number of carbonyl (C=O) groups excluding carboxylic acids is 1. The number of urea groups is 1. The fraction of sp³-hybridized carbons (Fsp3) is 0.667. The molecule has 1 atom stereocenters. The SMILES string of the molecule is COC[C@@H](C)NC(=O)N(C)Cc1nccn1CC(F)(F)F. The van der Waals surface area contributed by atoms with Gasteiger partial charge in [-0.05, 0) is 6.92 Å². The van der Waals surface area contributed by atoms with E-state index in [0.29, 0.717) is 6.61 Å². The van der Waals surface area contributed by atoms with E-state index in [1.807, 2.05) is 0 Å². The monoisotopic (exact) mass is 308 g/mol. The molecule has 0 saturated carbocycles. The third-order valence-electron chi connectivity index (χ3n) is 2.66. The van der Waals surface area contributed by atoms with Gasteiger partial charge >= 0.3 is 12.2 Å². The molecular weight excluding hydrogens is 289 g/mol. The van der Waals surface area contributed by atoms with E-state index in [0.717, 1.165) is 4.57 Å². The number of carbonyl (C=O) groups is 1. The Labute approximate surface area is 120 Å². The summed E-state index contributed by atoms with van der Waals surface area (Å²) >= 11 is 0. The van der Waals surface area contributed by atoms with Gasteiger partial charge in [0.1, 0.15) is 12.4 Å². The molecule has 0 aliphatic heterocycles. The number of aromatic nitrogens is 2.